The quantitative estimate of drug-likeness (QED) is 0.750. The third kappa shape index (κ3) is 6.86. The fraction of sp³-hybridized carbons (Fsp3) is 0.714. The van der Waals surface area contributed by atoms with Crippen LogP contribution in [0.2, 0.25) is 0 Å². The molecule has 0 radical (unpaired) electrons. The molecule has 0 saturated heterocycles. The molecule has 1 heterocycles. The van der Waals surface area contributed by atoms with Gasteiger partial charge in [0.15, 0.2) is 5.82 Å². The Morgan fingerprint density at radius 1 is 1.10 bits per heavy atom. The maximum atomic E-state index is 12.0. The molecule has 0 spiro atoms. The Labute approximate surface area is 123 Å². The van der Waals surface area contributed by atoms with Crippen molar-refractivity contribution >= 4 is 0 Å². The van der Waals surface area contributed by atoms with E-state index in [9.17, 15) is 13.2 Å². The molecule has 1 aromatic rings. The lowest BCUT2D eigenvalue weighted by Gasteiger charge is -2.12. The van der Waals surface area contributed by atoms with E-state index < -0.39 is 12.8 Å². The van der Waals surface area contributed by atoms with Gasteiger partial charge in [-0.1, -0.05) is 6.92 Å². The van der Waals surface area contributed by atoms with E-state index in [0.717, 1.165) is 42.9 Å². The van der Waals surface area contributed by atoms with E-state index in [4.69, 9.17) is 0 Å². The van der Waals surface area contributed by atoms with E-state index in [1.807, 2.05) is 13.8 Å². The molecule has 0 aliphatic rings. The predicted molar refractivity (Wildman–Crippen MR) is 74.1 cm³/mol. The molecule has 1 N–H and O–H groups in total. The van der Waals surface area contributed by atoms with Gasteiger partial charge in [0, 0.05) is 11.4 Å². The van der Waals surface area contributed by atoms with Gasteiger partial charge in [-0.15, -0.1) is 0 Å². The number of hydrogen-bond donors (Lipinski definition) is 1. The Hall–Kier alpha value is -1.21. The van der Waals surface area contributed by atoms with Crippen LogP contribution in [0, 0.1) is 13.8 Å². The maximum absolute atomic E-state index is 12.0. The van der Waals surface area contributed by atoms with Gasteiger partial charge in [0.25, 0.3) is 0 Å². The van der Waals surface area contributed by atoms with E-state index in [1.165, 1.54) is 0 Å². The number of nitrogens with one attached hydrogen (secondary N) is 1. The Kier molecular flexibility index (Phi) is 7.04. The van der Waals surface area contributed by atoms with Gasteiger partial charge in [0.05, 0.1) is 0 Å². The molecule has 1 aromatic heterocycles. The maximum Gasteiger partial charge on any atom is 0.411 e. The Morgan fingerprint density at radius 2 is 1.71 bits per heavy atom. The second kappa shape index (κ2) is 8.29. The van der Waals surface area contributed by atoms with E-state index in [2.05, 4.69) is 26.9 Å². The predicted octanol–water partition coefficient (Wildman–Crippen LogP) is 2.71. The van der Waals surface area contributed by atoms with Gasteiger partial charge in [-0.2, -0.15) is 13.2 Å². The highest BCUT2D eigenvalue weighted by molar-refractivity contribution is 5.24. The van der Waals surface area contributed by atoms with Gasteiger partial charge >= 0.3 is 6.18 Å². The van der Waals surface area contributed by atoms with Crippen molar-refractivity contribution in [2.24, 2.45) is 0 Å². The summed E-state index contributed by atoms with van der Waals surface area (Å²) < 4.78 is 40.6. The topological polar surface area (TPSA) is 47.0 Å². The first-order valence-electron chi connectivity index (χ1n) is 7.01. The van der Waals surface area contributed by atoms with Crippen molar-refractivity contribution in [2.75, 3.05) is 19.7 Å². The number of rotatable bonds is 8. The van der Waals surface area contributed by atoms with E-state index in [-0.39, 0.29) is 6.61 Å². The highest BCUT2D eigenvalue weighted by Gasteiger charge is 2.27. The van der Waals surface area contributed by atoms with Crippen molar-refractivity contribution in [3.8, 4) is 0 Å². The standard InChI is InChI=1S/C14H22F3N3O/c1-4-6-18-7-5-12-10(2)19-13(20-11(12)3)8-21-9-14(15,16)17/h18H,4-9H2,1-3H3. The number of aromatic nitrogens is 2. The molecule has 0 aliphatic heterocycles. The highest BCUT2D eigenvalue weighted by Crippen LogP contribution is 2.16. The lowest BCUT2D eigenvalue weighted by Crippen LogP contribution is -2.20. The van der Waals surface area contributed by atoms with E-state index in [1.54, 1.807) is 0 Å². The van der Waals surface area contributed by atoms with Crippen molar-refractivity contribution in [3.05, 3.63) is 22.8 Å². The number of halogens is 3. The monoisotopic (exact) mass is 305 g/mol. The van der Waals surface area contributed by atoms with Crippen molar-refractivity contribution in [3.63, 3.8) is 0 Å². The summed E-state index contributed by atoms with van der Waals surface area (Å²) in [6.45, 7) is 6.08. The molecule has 120 valence electrons. The largest absolute Gasteiger partial charge is 0.411 e. The summed E-state index contributed by atoms with van der Waals surface area (Å²) in [4.78, 5) is 8.44. The molecule has 0 saturated carbocycles. The fourth-order valence-electron chi connectivity index (χ4n) is 2.01. The Bertz CT molecular complexity index is 427. The van der Waals surface area contributed by atoms with Gasteiger partial charge in [-0.3, -0.25) is 0 Å². The zero-order chi connectivity index (χ0) is 15.9. The minimum Gasteiger partial charge on any atom is -0.364 e. The SMILES string of the molecule is CCCNCCc1c(C)nc(COCC(F)(F)F)nc1C. The fourth-order valence-corrected chi connectivity index (χ4v) is 2.01. The summed E-state index contributed by atoms with van der Waals surface area (Å²) in [6, 6.07) is 0. The average Bonchev–Trinajstić information content (AvgIpc) is 2.35. The second-order valence-corrected chi connectivity index (χ2v) is 4.90. The first-order chi connectivity index (χ1) is 9.83. The summed E-state index contributed by atoms with van der Waals surface area (Å²) in [6.07, 6.45) is -2.44. The van der Waals surface area contributed by atoms with E-state index >= 15 is 0 Å². The number of nitrogens with zero attached hydrogens (tertiary/aromatic N) is 2. The van der Waals surface area contributed by atoms with Crippen LogP contribution >= 0.6 is 0 Å². The molecule has 1 rings (SSSR count). The van der Waals surface area contributed by atoms with Crippen LogP contribution in [0.4, 0.5) is 13.2 Å². The van der Waals surface area contributed by atoms with Gasteiger partial charge in [-0.25, -0.2) is 9.97 Å². The molecule has 21 heavy (non-hydrogen) atoms. The lowest BCUT2D eigenvalue weighted by molar-refractivity contribution is -0.177. The number of alkyl halides is 3. The van der Waals surface area contributed by atoms with Crippen LogP contribution in [0.5, 0.6) is 0 Å². The Balaban J connectivity index is 2.58. The first-order valence-corrected chi connectivity index (χ1v) is 7.01. The zero-order valence-corrected chi connectivity index (χ0v) is 12.7. The molecule has 0 bridgehead atoms. The number of hydrogen-bond acceptors (Lipinski definition) is 4. The first kappa shape index (κ1) is 17.8. The average molecular weight is 305 g/mol. The zero-order valence-electron chi connectivity index (χ0n) is 12.7. The Morgan fingerprint density at radius 3 is 2.24 bits per heavy atom. The van der Waals surface area contributed by atoms with Crippen LogP contribution in [0.1, 0.15) is 36.1 Å². The normalized spacial score (nSPS) is 11.9. The molecule has 0 aromatic carbocycles. The third-order valence-electron chi connectivity index (χ3n) is 2.94. The van der Waals surface area contributed by atoms with Crippen LogP contribution in [0.3, 0.4) is 0 Å². The number of aryl methyl sites for hydroxylation is 2. The van der Waals surface area contributed by atoms with Gasteiger partial charge in [-0.05, 0) is 45.3 Å². The van der Waals surface area contributed by atoms with Crippen LogP contribution < -0.4 is 5.32 Å². The molecule has 0 aliphatic carbocycles. The summed E-state index contributed by atoms with van der Waals surface area (Å²) in [5.41, 5.74) is 2.64. The summed E-state index contributed by atoms with van der Waals surface area (Å²) >= 11 is 0. The van der Waals surface area contributed by atoms with Crippen LogP contribution in [-0.4, -0.2) is 35.8 Å². The molecule has 4 nitrogen and oxygen atoms in total. The summed E-state index contributed by atoms with van der Waals surface area (Å²) in [5.74, 6) is 0.291. The van der Waals surface area contributed by atoms with Gasteiger partial charge in [0.1, 0.15) is 13.2 Å². The minimum absolute atomic E-state index is 0.227. The molecule has 0 atom stereocenters. The molecule has 7 heteroatoms. The number of ether oxygens (including phenoxy) is 1. The molecule has 0 amide bonds. The molecular formula is C14H22F3N3O. The summed E-state index contributed by atoms with van der Waals surface area (Å²) in [7, 11) is 0. The minimum atomic E-state index is -4.32. The van der Waals surface area contributed by atoms with Crippen LogP contribution in [0.25, 0.3) is 0 Å². The lowest BCUT2D eigenvalue weighted by atomic mass is 10.1. The molecule has 0 fully saturated rings. The van der Waals surface area contributed by atoms with Crippen molar-refractivity contribution in [1.29, 1.82) is 0 Å². The summed E-state index contributed by atoms with van der Waals surface area (Å²) in [5, 5.41) is 3.30. The highest BCUT2D eigenvalue weighted by atomic mass is 19.4. The second-order valence-electron chi connectivity index (χ2n) is 4.90. The van der Waals surface area contributed by atoms with Crippen LogP contribution in [0.15, 0.2) is 0 Å². The van der Waals surface area contributed by atoms with Gasteiger partial charge in [0.2, 0.25) is 0 Å². The van der Waals surface area contributed by atoms with E-state index in [0.29, 0.717) is 5.82 Å². The van der Waals surface area contributed by atoms with Crippen molar-refractivity contribution in [2.45, 2.75) is 46.4 Å². The van der Waals surface area contributed by atoms with Crippen LogP contribution in [-0.2, 0) is 17.8 Å². The van der Waals surface area contributed by atoms with Crippen molar-refractivity contribution in [1.82, 2.24) is 15.3 Å². The van der Waals surface area contributed by atoms with Crippen molar-refractivity contribution < 1.29 is 17.9 Å². The molecular weight excluding hydrogens is 283 g/mol. The van der Waals surface area contributed by atoms with Gasteiger partial charge < -0.3 is 10.1 Å². The third-order valence-corrected chi connectivity index (χ3v) is 2.94. The smallest absolute Gasteiger partial charge is 0.364 e. The molecule has 0 unspecified atom stereocenters.